The van der Waals surface area contributed by atoms with Crippen LogP contribution in [0.4, 0.5) is 0 Å². The topological polar surface area (TPSA) is 26.0 Å². The summed E-state index contributed by atoms with van der Waals surface area (Å²) in [6, 6.07) is 10.9. The fraction of sp³-hybridized carbons (Fsp3) is 0.625. The quantitative estimate of drug-likeness (QED) is 0.841. The minimum Gasteiger partial charge on any atom is -0.330 e. The van der Waals surface area contributed by atoms with Gasteiger partial charge >= 0.3 is 0 Å². The van der Waals surface area contributed by atoms with Crippen LogP contribution >= 0.6 is 0 Å². The Labute approximate surface area is 105 Å². The molecule has 1 aliphatic carbocycles. The minimum atomic E-state index is 0.416. The molecule has 0 aliphatic heterocycles. The zero-order valence-corrected chi connectivity index (χ0v) is 11.5. The largest absolute Gasteiger partial charge is 0.330 e. The molecule has 1 aromatic carbocycles. The van der Waals surface area contributed by atoms with Crippen molar-refractivity contribution in [1.29, 1.82) is 0 Å². The maximum Gasteiger partial charge on any atom is -0.00406 e. The molecule has 0 aromatic heterocycles. The highest BCUT2D eigenvalue weighted by Gasteiger charge is 2.60. The monoisotopic (exact) mass is 231 g/mol. The van der Waals surface area contributed by atoms with Crippen LogP contribution in [0.5, 0.6) is 0 Å². The van der Waals surface area contributed by atoms with Crippen LogP contribution in [0.3, 0.4) is 0 Å². The van der Waals surface area contributed by atoms with Crippen molar-refractivity contribution in [2.45, 2.75) is 33.6 Å². The van der Waals surface area contributed by atoms with Crippen LogP contribution in [0.2, 0.25) is 0 Å². The van der Waals surface area contributed by atoms with Gasteiger partial charge in [0.15, 0.2) is 0 Å². The molecule has 17 heavy (non-hydrogen) atoms. The number of nitrogens with two attached hydrogens (primary N) is 1. The van der Waals surface area contributed by atoms with Crippen molar-refractivity contribution in [2.24, 2.45) is 28.9 Å². The zero-order valence-electron chi connectivity index (χ0n) is 11.5. The molecule has 2 rings (SSSR count). The second-order valence-electron chi connectivity index (χ2n) is 6.37. The number of hydrogen-bond donors (Lipinski definition) is 1. The molecule has 1 nitrogen and oxygen atoms in total. The van der Waals surface area contributed by atoms with Crippen LogP contribution in [0, 0.1) is 23.2 Å². The average Bonchev–Trinajstić information content (AvgIpc) is 2.82. The Bertz CT molecular complexity index is 366. The second-order valence-corrected chi connectivity index (χ2v) is 6.37. The van der Waals surface area contributed by atoms with Crippen molar-refractivity contribution in [2.75, 3.05) is 6.54 Å². The Morgan fingerprint density at radius 1 is 1.18 bits per heavy atom. The van der Waals surface area contributed by atoms with Crippen LogP contribution < -0.4 is 5.73 Å². The van der Waals surface area contributed by atoms with E-state index in [0.717, 1.165) is 12.5 Å². The third kappa shape index (κ3) is 2.13. The Morgan fingerprint density at radius 3 is 2.18 bits per heavy atom. The molecule has 94 valence electrons. The standard InChI is InChI=1S/C16H25N/c1-11(2)14(12-8-6-5-7-9-12)15-13(10-17)16(15,3)4/h5-9,11,13-15H,10,17H2,1-4H3/t13-,14?,15+/m1/s1. The first-order valence-electron chi connectivity index (χ1n) is 6.75. The molecule has 0 spiro atoms. The van der Waals surface area contributed by atoms with Gasteiger partial charge in [-0.1, -0.05) is 58.0 Å². The van der Waals surface area contributed by atoms with Crippen molar-refractivity contribution < 1.29 is 0 Å². The van der Waals surface area contributed by atoms with Gasteiger partial charge in [0.05, 0.1) is 0 Å². The van der Waals surface area contributed by atoms with Crippen molar-refractivity contribution in [1.82, 2.24) is 0 Å². The molecular weight excluding hydrogens is 206 g/mol. The summed E-state index contributed by atoms with van der Waals surface area (Å²) in [7, 11) is 0. The van der Waals surface area contributed by atoms with E-state index < -0.39 is 0 Å². The van der Waals surface area contributed by atoms with Crippen LogP contribution in [-0.2, 0) is 0 Å². The lowest BCUT2D eigenvalue weighted by Crippen LogP contribution is -2.13. The summed E-state index contributed by atoms with van der Waals surface area (Å²) in [5.74, 6) is 2.77. The van der Waals surface area contributed by atoms with E-state index in [1.54, 1.807) is 0 Å². The van der Waals surface area contributed by atoms with Gasteiger partial charge in [0.2, 0.25) is 0 Å². The van der Waals surface area contributed by atoms with Crippen LogP contribution in [0.15, 0.2) is 30.3 Å². The zero-order chi connectivity index (χ0) is 12.6. The summed E-state index contributed by atoms with van der Waals surface area (Å²) in [5, 5.41) is 0. The lowest BCUT2D eigenvalue weighted by atomic mass is 9.81. The summed E-state index contributed by atoms with van der Waals surface area (Å²) in [6.45, 7) is 10.2. The third-order valence-electron chi connectivity index (χ3n) is 4.68. The normalized spacial score (nSPS) is 28.1. The van der Waals surface area contributed by atoms with Gasteiger partial charge in [0.25, 0.3) is 0 Å². The van der Waals surface area contributed by atoms with E-state index in [1.807, 2.05) is 0 Å². The van der Waals surface area contributed by atoms with Gasteiger partial charge in [-0.2, -0.15) is 0 Å². The lowest BCUT2D eigenvalue weighted by molar-refractivity contribution is 0.392. The van der Waals surface area contributed by atoms with Gasteiger partial charge in [0.1, 0.15) is 0 Å². The maximum absolute atomic E-state index is 5.92. The Balaban J connectivity index is 2.27. The second kappa shape index (κ2) is 4.45. The molecule has 1 fully saturated rings. The summed E-state index contributed by atoms with van der Waals surface area (Å²) < 4.78 is 0. The van der Waals surface area contributed by atoms with E-state index in [4.69, 9.17) is 5.73 Å². The number of rotatable bonds is 4. The van der Waals surface area contributed by atoms with E-state index in [1.165, 1.54) is 5.56 Å². The van der Waals surface area contributed by atoms with Gasteiger partial charge in [0, 0.05) is 0 Å². The fourth-order valence-electron chi connectivity index (χ4n) is 3.63. The van der Waals surface area contributed by atoms with Crippen LogP contribution in [0.1, 0.15) is 39.2 Å². The lowest BCUT2D eigenvalue weighted by Gasteiger charge is -2.23. The van der Waals surface area contributed by atoms with E-state index in [-0.39, 0.29) is 0 Å². The van der Waals surface area contributed by atoms with E-state index in [9.17, 15) is 0 Å². The molecule has 3 atom stereocenters. The van der Waals surface area contributed by atoms with Crippen molar-refractivity contribution in [3.05, 3.63) is 35.9 Å². The molecule has 0 heterocycles. The molecule has 1 heteroatoms. The fourth-order valence-corrected chi connectivity index (χ4v) is 3.63. The maximum atomic E-state index is 5.92. The highest BCUT2D eigenvalue weighted by Crippen LogP contribution is 2.64. The van der Waals surface area contributed by atoms with Gasteiger partial charge in [-0.25, -0.2) is 0 Å². The van der Waals surface area contributed by atoms with Gasteiger partial charge < -0.3 is 5.73 Å². The van der Waals surface area contributed by atoms with Gasteiger partial charge in [-0.3, -0.25) is 0 Å². The molecule has 1 unspecified atom stereocenters. The van der Waals surface area contributed by atoms with E-state index >= 15 is 0 Å². The Hall–Kier alpha value is -0.820. The van der Waals surface area contributed by atoms with Crippen molar-refractivity contribution in [3.8, 4) is 0 Å². The summed E-state index contributed by atoms with van der Waals surface area (Å²) in [4.78, 5) is 0. The Morgan fingerprint density at radius 2 is 1.76 bits per heavy atom. The predicted molar refractivity (Wildman–Crippen MR) is 73.8 cm³/mol. The van der Waals surface area contributed by atoms with Crippen molar-refractivity contribution in [3.63, 3.8) is 0 Å². The van der Waals surface area contributed by atoms with Crippen molar-refractivity contribution >= 4 is 0 Å². The molecule has 0 radical (unpaired) electrons. The minimum absolute atomic E-state index is 0.416. The molecule has 2 N–H and O–H groups in total. The third-order valence-corrected chi connectivity index (χ3v) is 4.68. The van der Waals surface area contributed by atoms with Gasteiger partial charge in [-0.15, -0.1) is 0 Å². The number of hydrogen-bond acceptors (Lipinski definition) is 1. The predicted octanol–water partition coefficient (Wildman–Crippen LogP) is 3.66. The summed E-state index contributed by atoms with van der Waals surface area (Å²) in [6.07, 6.45) is 0. The van der Waals surface area contributed by atoms with Gasteiger partial charge in [-0.05, 0) is 41.2 Å². The molecule has 0 bridgehead atoms. The first-order valence-corrected chi connectivity index (χ1v) is 6.75. The highest BCUT2D eigenvalue weighted by atomic mass is 14.7. The first-order chi connectivity index (χ1) is 8.00. The van der Waals surface area contributed by atoms with Crippen LogP contribution in [-0.4, -0.2) is 6.54 Å². The smallest absolute Gasteiger partial charge is 0.00406 e. The molecule has 0 saturated heterocycles. The molecule has 1 aromatic rings. The first kappa shape index (κ1) is 12.6. The van der Waals surface area contributed by atoms with Crippen LogP contribution in [0.25, 0.3) is 0 Å². The molecule has 1 aliphatic rings. The SMILES string of the molecule is CC(C)C(c1ccccc1)[C@@H]1[C@@H](CN)C1(C)C. The average molecular weight is 231 g/mol. The highest BCUT2D eigenvalue weighted by molar-refractivity contribution is 5.26. The molecule has 0 amide bonds. The Kier molecular flexibility index (Phi) is 3.31. The number of benzene rings is 1. The summed E-state index contributed by atoms with van der Waals surface area (Å²) in [5.41, 5.74) is 7.81. The van der Waals surface area contributed by atoms with E-state index in [2.05, 4.69) is 58.0 Å². The molecule has 1 saturated carbocycles. The summed E-state index contributed by atoms with van der Waals surface area (Å²) >= 11 is 0. The van der Waals surface area contributed by atoms with E-state index in [0.29, 0.717) is 23.2 Å². The molecular formula is C16H25N.